The fourth-order valence-electron chi connectivity index (χ4n) is 3.42. The maximum Gasteiger partial charge on any atom is 0.265 e. The van der Waals surface area contributed by atoms with Crippen molar-refractivity contribution in [1.82, 2.24) is 19.1 Å². The molecular formula is C19H25ClN4O2S. The third-order valence-electron chi connectivity index (χ3n) is 5.09. The molecule has 0 atom stereocenters. The molecule has 2 aromatic rings. The third kappa shape index (κ3) is 3.99. The van der Waals surface area contributed by atoms with Gasteiger partial charge in [0.1, 0.15) is 4.90 Å². The molecule has 0 spiro atoms. The zero-order chi connectivity index (χ0) is 19.8. The molecule has 2 heterocycles. The summed E-state index contributed by atoms with van der Waals surface area (Å²) in [7, 11) is -1.99. The summed E-state index contributed by atoms with van der Waals surface area (Å²) in [6.45, 7) is 8.70. The summed E-state index contributed by atoms with van der Waals surface area (Å²) in [6.07, 6.45) is 11.6. The van der Waals surface area contributed by atoms with Gasteiger partial charge in [-0.2, -0.15) is 5.10 Å². The van der Waals surface area contributed by atoms with E-state index in [2.05, 4.69) is 23.3 Å². The lowest BCUT2D eigenvalue weighted by Crippen LogP contribution is -2.36. The Morgan fingerprint density at radius 2 is 2.15 bits per heavy atom. The number of halogens is 1. The summed E-state index contributed by atoms with van der Waals surface area (Å²) in [6, 6.07) is 0. The number of sulfonamides is 1. The minimum Gasteiger partial charge on any atom is -0.347 e. The highest BCUT2D eigenvalue weighted by Crippen LogP contribution is 2.41. The monoisotopic (exact) mass is 408 g/mol. The standard InChI is InChI=1S/C19H25ClN4O2S/c1-5-7-17(18-14(2)16(20)12-23(18)4)22-27(25,26)15-10-21-24(11-15)13-19(3)8-6-9-19/h5,7,10-12,22H,2,6,8-9,13H2,1,3-4H3/b7-5-,18-17-. The van der Waals surface area contributed by atoms with Crippen LogP contribution in [0.5, 0.6) is 0 Å². The average Bonchev–Trinajstić information content (AvgIpc) is 3.11. The number of aromatic nitrogens is 3. The molecule has 0 unspecified atom stereocenters. The van der Waals surface area contributed by atoms with Crippen LogP contribution in [0.25, 0.3) is 12.3 Å². The van der Waals surface area contributed by atoms with Crippen molar-refractivity contribution in [3.63, 3.8) is 0 Å². The zero-order valence-electron chi connectivity index (χ0n) is 15.9. The van der Waals surface area contributed by atoms with E-state index in [1.165, 1.54) is 12.6 Å². The van der Waals surface area contributed by atoms with Crippen molar-refractivity contribution in [2.75, 3.05) is 0 Å². The van der Waals surface area contributed by atoms with E-state index in [-0.39, 0.29) is 10.3 Å². The lowest BCUT2D eigenvalue weighted by molar-refractivity contribution is 0.126. The summed E-state index contributed by atoms with van der Waals surface area (Å²) in [5.74, 6) is 0. The minimum atomic E-state index is -3.78. The maximum absolute atomic E-state index is 12.9. The molecule has 146 valence electrons. The van der Waals surface area contributed by atoms with E-state index < -0.39 is 10.0 Å². The number of aryl methyl sites for hydroxylation is 1. The molecule has 0 amide bonds. The van der Waals surface area contributed by atoms with Crippen LogP contribution in [-0.2, 0) is 23.6 Å². The second-order valence-corrected chi connectivity index (χ2v) is 9.56. The van der Waals surface area contributed by atoms with E-state index in [1.54, 1.807) is 40.8 Å². The van der Waals surface area contributed by atoms with Crippen LogP contribution in [0.15, 0.2) is 35.6 Å². The van der Waals surface area contributed by atoms with Crippen molar-refractivity contribution in [1.29, 1.82) is 0 Å². The Bertz CT molecular complexity index is 1090. The molecule has 0 aromatic carbocycles. The van der Waals surface area contributed by atoms with Crippen molar-refractivity contribution in [2.45, 2.75) is 44.6 Å². The van der Waals surface area contributed by atoms with Gasteiger partial charge in [-0.1, -0.05) is 37.6 Å². The first-order valence-corrected chi connectivity index (χ1v) is 10.7. The third-order valence-corrected chi connectivity index (χ3v) is 6.74. The SMILES string of the molecule is C=c1c(Cl)cn(C)/c1=C(/C=C\C)NS(=O)(=O)c1cnn(CC2(C)CCC2)c1. The topological polar surface area (TPSA) is 68.9 Å². The van der Waals surface area contributed by atoms with Gasteiger partial charge >= 0.3 is 0 Å². The van der Waals surface area contributed by atoms with E-state index in [9.17, 15) is 8.42 Å². The maximum atomic E-state index is 12.9. The lowest BCUT2D eigenvalue weighted by Gasteiger charge is -2.38. The van der Waals surface area contributed by atoms with Crippen molar-refractivity contribution < 1.29 is 8.42 Å². The van der Waals surface area contributed by atoms with Crippen molar-refractivity contribution >= 4 is 33.9 Å². The van der Waals surface area contributed by atoms with E-state index in [1.807, 2.05) is 6.92 Å². The predicted molar refractivity (Wildman–Crippen MR) is 108 cm³/mol. The minimum absolute atomic E-state index is 0.137. The van der Waals surface area contributed by atoms with Crippen molar-refractivity contribution in [3.05, 3.63) is 46.3 Å². The van der Waals surface area contributed by atoms with Crippen molar-refractivity contribution in [3.8, 4) is 0 Å². The van der Waals surface area contributed by atoms with Gasteiger partial charge in [0.05, 0.1) is 22.3 Å². The summed E-state index contributed by atoms with van der Waals surface area (Å²) in [5, 5.41) is 5.92. The molecule has 0 aliphatic heterocycles. The van der Waals surface area contributed by atoms with Gasteiger partial charge in [-0.15, -0.1) is 0 Å². The summed E-state index contributed by atoms with van der Waals surface area (Å²) in [5.41, 5.74) is 0.626. The van der Waals surface area contributed by atoms with Crippen LogP contribution in [0.2, 0.25) is 5.02 Å². The normalized spacial score (nSPS) is 17.8. The molecule has 0 bridgehead atoms. The van der Waals surface area contributed by atoms with Gasteiger partial charge in [0.2, 0.25) is 0 Å². The first-order valence-electron chi connectivity index (χ1n) is 8.87. The largest absolute Gasteiger partial charge is 0.347 e. The molecule has 1 aliphatic carbocycles. The number of nitrogens with zero attached hydrogens (tertiary/aromatic N) is 3. The second kappa shape index (κ2) is 7.20. The van der Waals surface area contributed by atoms with Gasteiger partial charge in [-0.25, -0.2) is 8.42 Å². The number of nitrogens with one attached hydrogen (secondary N) is 1. The quantitative estimate of drug-likeness (QED) is 0.796. The van der Waals surface area contributed by atoms with Crippen LogP contribution >= 0.6 is 11.6 Å². The van der Waals surface area contributed by atoms with Gasteiger partial charge in [-0.05, 0) is 31.3 Å². The summed E-state index contributed by atoms with van der Waals surface area (Å²) in [4.78, 5) is 0.137. The summed E-state index contributed by atoms with van der Waals surface area (Å²) >= 11 is 6.14. The highest BCUT2D eigenvalue weighted by Gasteiger charge is 2.32. The Hall–Kier alpha value is -1.99. The zero-order valence-corrected chi connectivity index (χ0v) is 17.4. The van der Waals surface area contributed by atoms with E-state index in [0.717, 1.165) is 19.4 Å². The molecule has 1 aliphatic rings. The van der Waals surface area contributed by atoms with Gasteiger partial charge in [0, 0.05) is 31.2 Å². The van der Waals surface area contributed by atoms with Crippen LogP contribution in [-0.4, -0.2) is 22.8 Å². The first kappa shape index (κ1) is 19.8. The van der Waals surface area contributed by atoms with Crippen LogP contribution in [0.3, 0.4) is 0 Å². The summed E-state index contributed by atoms with van der Waals surface area (Å²) < 4.78 is 31.9. The molecule has 1 N–H and O–H groups in total. The molecule has 1 fully saturated rings. The molecule has 1 saturated carbocycles. The second-order valence-electron chi connectivity index (χ2n) is 7.47. The first-order chi connectivity index (χ1) is 12.6. The molecular weight excluding hydrogens is 384 g/mol. The highest BCUT2D eigenvalue weighted by molar-refractivity contribution is 7.89. The Morgan fingerprint density at radius 3 is 2.67 bits per heavy atom. The Labute approximate surface area is 164 Å². The van der Waals surface area contributed by atoms with Crippen molar-refractivity contribution in [2.24, 2.45) is 12.5 Å². The predicted octanol–water partition coefficient (Wildman–Crippen LogP) is 2.14. The Kier molecular flexibility index (Phi) is 5.27. The lowest BCUT2D eigenvalue weighted by atomic mass is 9.70. The molecule has 27 heavy (non-hydrogen) atoms. The fourth-order valence-corrected chi connectivity index (χ4v) is 4.68. The van der Waals surface area contributed by atoms with Gasteiger partial charge < -0.3 is 4.57 Å². The van der Waals surface area contributed by atoms with Gasteiger partial charge in [0.25, 0.3) is 10.0 Å². The number of allylic oxidation sites excluding steroid dienone is 1. The average molecular weight is 409 g/mol. The molecule has 3 rings (SSSR count). The molecule has 8 heteroatoms. The number of hydrogen-bond acceptors (Lipinski definition) is 3. The van der Waals surface area contributed by atoms with E-state index in [4.69, 9.17) is 11.6 Å². The fraction of sp³-hybridized carbons (Fsp3) is 0.421. The molecule has 6 nitrogen and oxygen atoms in total. The number of hydrogen-bond donors (Lipinski definition) is 1. The van der Waals surface area contributed by atoms with Crippen LogP contribution < -0.4 is 15.3 Å². The Balaban J connectivity index is 1.95. The molecule has 2 aromatic heterocycles. The van der Waals surface area contributed by atoms with Crippen LogP contribution in [0.4, 0.5) is 0 Å². The van der Waals surface area contributed by atoms with Gasteiger partial charge in [0.15, 0.2) is 0 Å². The number of rotatable bonds is 6. The Morgan fingerprint density at radius 1 is 1.44 bits per heavy atom. The van der Waals surface area contributed by atoms with Crippen LogP contribution in [0.1, 0.15) is 33.1 Å². The van der Waals surface area contributed by atoms with Gasteiger partial charge in [-0.3, -0.25) is 9.40 Å². The molecule has 0 saturated heterocycles. The molecule has 0 radical (unpaired) electrons. The van der Waals surface area contributed by atoms with E-state index >= 15 is 0 Å². The smallest absolute Gasteiger partial charge is 0.265 e. The van der Waals surface area contributed by atoms with E-state index in [0.29, 0.717) is 21.3 Å². The highest BCUT2D eigenvalue weighted by atomic mass is 35.5. The van der Waals surface area contributed by atoms with Crippen LogP contribution in [0, 0.1) is 5.41 Å².